The molecule has 0 saturated carbocycles. The van der Waals surface area contributed by atoms with Gasteiger partial charge in [-0.3, -0.25) is 0 Å². The third-order valence-electron chi connectivity index (χ3n) is 1.96. The summed E-state index contributed by atoms with van der Waals surface area (Å²) in [5.74, 6) is 0.806. The highest BCUT2D eigenvalue weighted by Crippen LogP contribution is 2.26. The molecule has 1 aromatic heterocycles. The van der Waals surface area contributed by atoms with Crippen LogP contribution in [0.3, 0.4) is 0 Å². The lowest BCUT2D eigenvalue weighted by atomic mass is 10.0. The SMILES string of the molecule is CC[C@H](C)Cc1ccsc1Br. The zero-order valence-corrected chi connectivity index (χ0v) is 9.33. The summed E-state index contributed by atoms with van der Waals surface area (Å²) in [6.07, 6.45) is 2.48. The van der Waals surface area contributed by atoms with Crippen LogP contribution < -0.4 is 0 Å². The smallest absolute Gasteiger partial charge is 0.0730 e. The maximum atomic E-state index is 3.54. The van der Waals surface area contributed by atoms with Crippen LogP contribution in [0.25, 0.3) is 0 Å². The first-order chi connectivity index (χ1) is 5.24. The molecule has 1 aromatic rings. The van der Waals surface area contributed by atoms with Crippen molar-refractivity contribution in [2.45, 2.75) is 26.7 Å². The predicted octanol–water partition coefficient (Wildman–Crippen LogP) is 4.10. The second-order valence-electron chi connectivity index (χ2n) is 2.94. The van der Waals surface area contributed by atoms with E-state index in [1.165, 1.54) is 22.2 Å². The van der Waals surface area contributed by atoms with Gasteiger partial charge in [-0.25, -0.2) is 0 Å². The van der Waals surface area contributed by atoms with Gasteiger partial charge in [0.1, 0.15) is 0 Å². The van der Waals surface area contributed by atoms with Crippen LogP contribution in [0.4, 0.5) is 0 Å². The Morgan fingerprint density at radius 2 is 2.36 bits per heavy atom. The maximum Gasteiger partial charge on any atom is 0.0730 e. The third-order valence-corrected chi connectivity index (χ3v) is 3.77. The monoisotopic (exact) mass is 232 g/mol. The zero-order valence-electron chi connectivity index (χ0n) is 6.93. The summed E-state index contributed by atoms with van der Waals surface area (Å²) >= 11 is 5.32. The quantitative estimate of drug-likeness (QED) is 0.737. The summed E-state index contributed by atoms with van der Waals surface area (Å²) in [6.45, 7) is 4.54. The fraction of sp³-hybridized carbons (Fsp3) is 0.556. The number of halogens is 1. The van der Waals surface area contributed by atoms with Gasteiger partial charge < -0.3 is 0 Å². The van der Waals surface area contributed by atoms with Crippen molar-refractivity contribution in [1.82, 2.24) is 0 Å². The fourth-order valence-corrected chi connectivity index (χ4v) is 2.26. The van der Waals surface area contributed by atoms with E-state index < -0.39 is 0 Å². The Morgan fingerprint density at radius 3 is 2.82 bits per heavy atom. The Balaban J connectivity index is 2.56. The highest BCUT2D eigenvalue weighted by molar-refractivity contribution is 9.11. The molecule has 2 heteroatoms. The first kappa shape index (κ1) is 9.27. The van der Waals surface area contributed by atoms with E-state index in [0.717, 1.165) is 5.92 Å². The Morgan fingerprint density at radius 1 is 1.64 bits per heavy atom. The second kappa shape index (κ2) is 4.27. The van der Waals surface area contributed by atoms with Gasteiger partial charge in [-0.1, -0.05) is 20.3 Å². The molecule has 0 aliphatic rings. The molecular formula is C9H13BrS. The molecule has 1 atom stereocenters. The lowest BCUT2D eigenvalue weighted by molar-refractivity contribution is 0.560. The molecule has 0 aliphatic heterocycles. The van der Waals surface area contributed by atoms with E-state index in [1.54, 1.807) is 11.3 Å². The molecule has 11 heavy (non-hydrogen) atoms. The number of rotatable bonds is 3. The van der Waals surface area contributed by atoms with Gasteiger partial charge in [-0.15, -0.1) is 11.3 Å². The highest BCUT2D eigenvalue weighted by Gasteiger charge is 2.04. The van der Waals surface area contributed by atoms with Crippen LogP contribution in [-0.4, -0.2) is 0 Å². The van der Waals surface area contributed by atoms with E-state index in [9.17, 15) is 0 Å². The fourth-order valence-electron chi connectivity index (χ4n) is 0.985. The van der Waals surface area contributed by atoms with E-state index in [4.69, 9.17) is 0 Å². The standard InChI is InChI=1S/C9H13BrS/c1-3-7(2)6-8-4-5-11-9(8)10/h4-5,7H,3,6H2,1-2H3/t7-/m0/s1. The van der Waals surface area contributed by atoms with Crippen molar-refractivity contribution >= 4 is 27.3 Å². The van der Waals surface area contributed by atoms with Crippen molar-refractivity contribution < 1.29 is 0 Å². The molecule has 0 aliphatic carbocycles. The Hall–Kier alpha value is 0.180. The first-order valence-electron chi connectivity index (χ1n) is 3.96. The minimum absolute atomic E-state index is 0.806. The van der Waals surface area contributed by atoms with Crippen LogP contribution in [0.1, 0.15) is 25.8 Å². The van der Waals surface area contributed by atoms with E-state index >= 15 is 0 Å². The van der Waals surface area contributed by atoms with Crippen LogP contribution in [0.15, 0.2) is 15.2 Å². The van der Waals surface area contributed by atoms with E-state index in [1.807, 2.05) is 0 Å². The Kier molecular flexibility index (Phi) is 3.60. The molecule has 0 amide bonds. The van der Waals surface area contributed by atoms with Gasteiger partial charge in [0, 0.05) is 0 Å². The zero-order chi connectivity index (χ0) is 8.27. The Bertz CT molecular complexity index is 217. The summed E-state index contributed by atoms with van der Waals surface area (Å²) in [5.41, 5.74) is 1.46. The summed E-state index contributed by atoms with van der Waals surface area (Å²) < 4.78 is 1.30. The van der Waals surface area contributed by atoms with Gasteiger partial charge in [0.2, 0.25) is 0 Å². The van der Waals surface area contributed by atoms with Gasteiger partial charge in [0.05, 0.1) is 3.79 Å². The first-order valence-corrected chi connectivity index (χ1v) is 5.63. The Labute approximate surface area is 80.8 Å². The van der Waals surface area contributed by atoms with Crippen molar-refractivity contribution in [1.29, 1.82) is 0 Å². The van der Waals surface area contributed by atoms with Gasteiger partial charge in [0.25, 0.3) is 0 Å². The normalized spacial score (nSPS) is 13.4. The van der Waals surface area contributed by atoms with Crippen molar-refractivity contribution in [3.63, 3.8) is 0 Å². The maximum absolute atomic E-state index is 3.54. The van der Waals surface area contributed by atoms with Crippen LogP contribution in [0, 0.1) is 5.92 Å². The van der Waals surface area contributed by atoms with E-state index in [2.05, 4.69) is 41.2 Å². The molecule has 1 heterocycles. The molecule has 0 radical (unpaired) electrons. The molecule has 0 nitrogen and oxygen atoms in total. The van der Waals surface area contributed by atoms with E-state index in [-0.39, 0.29) is 0 Å². The van der Waals surface area contributed by atoms with Crippen LogP contribution in [0.5, 0.6) is 0 Å². The van der Waals surface area contributed by atoms with Gasteiger partial charge in [0.15, 0.2) is 0 Å². The molecule has 62 valence electrons. The molecule has 0 saturated heterocycles. The minimum atomic E-state index is 0.806. The third kappa shape index (κ3) is 2.60. The topological polar surface area (TPSA) is 0 Å². The largest absolute Gasteiger partial charge is 0.137 e. The minimum Gasteiger partial charge on any atom is -0.137 e. The van der Waals surface area contributed by atoms with Crippen LogP contribution in [-0.2, 0) is 6.42 Å². The van der Waals surface area contributed by atoms with E-state index in [0.29, 0.717) is 0 Å². The van der Waals surface area contributed by atoms with Gasteiger partial charge in [-0.05, 0) is 45.3 Å². The molecule has 0 fully saturated rings. The lowest BCUT2D eigenvalue weighted by Crippen LogP contribution is -1.96. The number of thiophene rings is 1. The van der Waals surface area contributed by atoms with Crippen molar-refractivity contribution in [3.05, 3.63) is 20.8 Å². The van der Waals surface area contributed by atoms with Gasteiger partial charge in [-0.2, -0.15) is 0 Å². The molecule has 0 unspecified atom stereocenters. The number of hydrogen-bond donors (Lipinski definition) is 0. The van der Waals surface area contributed by atoms with Crippen LogP contribution in [0.2, 0.25) is 0 Å². The molecule has 1 rings (SSSR count). The van der Waals surface area contributed by atoms with Crippen LogP contribution >= 0.6 is 27.3 Å². The lowest BCUT2D eigenvalue weighted by Gasteiger charge is -2.05. The summed E-state index contributed by atoms with van der Waals surface area (Å²) in [5, 5.41) is 2.14. The average Bonchev–Trinajstić information content (AvgIpc) is 2.37. The predicted molar refractivity (Wildman–Crippen MR) is 55.2 cm³/mol. The second-order valence-corrected chi connectivity index (χ2v) is 5.17. The molecule has 0 N–H and O–H groups in total. The van der Waals surface area contributed by atoms with Crippen molar-refractivity contribution in [2.75, 3.05) is 0 Å². The highest BCUT2D eigenvalue weighted by atomic mass is 79.9. The summed E-state index contributed by atoms with van der Waals surface area (Å²) in [7, 11) is 0. The number of hydrogen-bond acceptors (Lipinski definition) is 1. The van der Waals surface area contributed by atoms with Crippen molar-refractivity contribution in [2.24, 2.45) is 5.92 Å². The average molecular weight is 233 g/mol. The van der Waals surface area contributed by atoms with Gasteiger partial charge >= 0.3 is 0 Å². The summed E-state index contributed by atoms with van der Waals surface area (Å²) in [4.78, 5) is 0. The summed E-state index contributed by atoms with van der Waals surface area (Å²) in [6, 6.07) is 2.21. The molecule has 0 spiro atoms. The molecule has 0 bridgehead atoms. The molecular weight excluding hydrogens is 220 g/mol. The molecule has 0 aromatic carbocycles. The van der Waals surface area contributed by atoms with Crippen molar-refractivity contribution in [3.8, 4) is 0 Å².